The van der Waals surface area contributed by atoms with Gasteiger partial charge in [-0.3, -0.25) is 4.79 Å². The van der Waals surface area contributed by atoms with Crippen LogP contribution in [0.1, 0.15) is 24.1 Å². The SMILES string of the molecule is NC(=S)C1(C(=O)NCc2cccs2)CCC1. The smallest absolute Gasteiger partial charge is 0.233 e. The Hall–Kier alpha value is -0.940. The van der Waals surface area contributed by atoms with E-state index >= 15 is 0 Å². The highest BCUT2D eigenvalue weighted by Gasteiger charge is 2.46. The van der Waals surface area contributed by atoms with Crippen LogP contribution in [0.2, 0.25) is 0 Å². The lowest BCUT2D eigenvalue weighted by atomic mass is 9.68. The van der Waals surface area contributed by atoms with Crippen LogP contribution in [0.15, 0.2) is 17.5 Å². The van der Waals surface area contributed by atoms with Crippen LogP contribution < -0.4 is 11.1 Å². The quantitative estimate of drug-likeness (QED) is 0.806. The molecule has 1 heterocycles. The average molecular weight is 254 g/mol. The van der Waals surface area contributed by atoms with E-state index in [-0.39, 0.29) is 5.91 Å². The third-order valence-corrected chi connectivity index (χ3v) is 4.38. The number of nitrogens with one attached hydrogen (secondary N) is 1. The number of hydrogen-bond acceptors (Lipinski definition) is 3. The molecule has 0 radical (unpaired) electrons. The Morgan fingerprint density at radius 3 is 2.81 bits per heavy atom. The molecule has 0 spiro atoms. The zero-order chi connectivity index (χ0) is 11.6. The summed E-state index contributed by atoms with van der Waals surface area (Å²) in [7, 11) is 0. The maximum atomic E-state index is 12.0. The van der Waals surface area contributed by atoms with Crippen molar-refractivity contribution in [2.45, 2.75) is 25.8 Å². The monoisotopic (exact) mass is 254 g/mol. The lowest BCUT2D eigenvalue weighted by molar-refractivity contribution is -0.130. The molecule has 1 aliphatic rings. The average Bonchev–Trinajstić information content (AvgIpc) is 2.64. The summed E-state index contributed by atoms with van der Waals surface area (Å²) in [6.45, 7) is 0.570. The molecule has 3 nitrogen and oxygen atoms in total. The van der Waals surface area contributed by atoms with Crippen molar-refractivity contribution >= 4 is 34.5 Å². The van der Waals surface area contributed by atoms with Crippen molar-refractivity contribution in [1.29, 1.82) is 0 Å². The summed E-state index contributed by atoms with van der Waals surface area (Å²) in [5.41, 5.74) is 5.09. The van der Waals surface area contributed by atoms with Crippen molar-refractivity contribution in [3.05, 3.63) is 22.4 Å². The van der Waals surface area contributed by atoms with Gasteiger partial charge in [0.25, 0.3) is 0 Å². The van der Waals surface area contributed by atoms with Gasteiger partial charge in [0.1, 0.15) is 0 Å². The van der Waals surface area contributed by atoms with Crippen LogP contribution in [-0.4, -0.2) is 10.9 Å². The Bertz CT molecular complexity index is 396. The summed E-state index contributed by atoms with van der Waals surface area (Å²) in [4.78, 5) is 13.5. The zero-order valence-corrected chi connectivity index (χ0v) is 10.5. The van der Waals surface area contributed by atoms with E-state index in [9.17, 15) is 4.79 Å². The number of amides is 1. The molecule has 1 fully saturated rings. The van der Waals surface area contributed by atoms with Crippen LogP contribution in [0, 0.1) is 5.41 Å². The predicted molar refractivity (Wildman–Crippen MR) is 69.2 cm³/mol. The Labute approximate surface area is 104 Å². The second-order valence-corrected chi connectivity index (χ2v) is 5.53. The summed E-state index contributed by atoms with van der Waals surface area (Å²) >= 11 is 6.62. The molecule has 2 rings (SSSR count). The fourth-order valence-electron chi connectivity index (χ4n) is 1.87. The number of nitrogens with two attached hydrogens (primary N) is 1. The summed E-state index contributed by atoms with van der Waals surface area (Å²) in [5.74, 6) is -0.0142. The number of carbonyl (C=O) groups excluding carboxylic acids is 1. The van der Waals surface area contributed by atoms with Gasteiger partial charge >= 0.3 is 0 Å². The number of hydrogen-bond donors (Lipinski definition) is 2. The summed E-state index contributed by atoms with van der Waals surface area (Å²) < 4.78 is 0. The fourth-order valence-corrected chi connectivity index (χ4v) is 2.81. The van der Waals surface area contributed by atoms with E-state index in [1.165, 1.54) is 0 Å². The molecule has 0 atom stereocenters. The molecule has 3 N–H and O–H groups in total. The standard InChI is InChI=1S/C11H14N2OS2/c12-9(15)11(4-2-5-11)10(14)13-7-8-3-1-6-16-8/h1,3,6H,2,4-5,7H2,(H2,12,15)(H,13,14). The lowest BCUT2D eigenvalue weighted by Crippen LogP contribution is -2.52. The van der Waals surface area contributed by atoms with E-state index in [2.05, 4.69) is 5.32 Å². The lowest BCUT2D eigenvalue weighted by Gasteiger charge is -2.39. The van der Waals surface area contributed by atoms with Gasteiger partial charge in [0.15, 0.2) is 0 Å². The second kappa shape index (κ2) is 4.51. The highest BCUT2D eigenvalue weighted by Crippen LogP contribution is 2.41. The molecule has 1 aromatic rings. The third kappa shape index (κ3) is 1.97. The minimum absolute atomic E-state index is 0.0142. The predicted octanol–water partition coefficient (Wildman–Crippen LogP) is 1.82. The van der Waals surface area contributed by atoms with E-state index < -0.39 is 5.41 Å². The summed E-state index contributed by atoms with van der Waals surface area (Å²) in [6, 6.07) is 3.97. The van der Waals surface area contributed by atoms with Crippen LogP contribution in [0.4, 0.5) is 0 Å². The Kier molecular flexibility index (Phi) is 3.25. The van der Waals surface area contributed by atoms with Gasteiger partial charge in [0.2, 0.25) is 5.91 Å². The number of carbonyl (C=O) groups is 1. The molecular weight excluding hydrogens is 240 g/mol. The van der Waals surface area contributed by atoms with Crippen molar-refractivity contribution in [3.63, 3.8) is 0 Å². The maximum absolute atomic E-state index is 12.0. The molecule has 0 bridgehead atoms. The number of thiocarbonyl (C=S) groups is 1. The number of thiophene rings is 1. The van der Waals surface area contributed by atoms with Crippen LogP contribution >= 0.6 is 23.6 Å². The first-order valence-electron chi connectivity index (χ1n) is 5.26. The molecule has 1 saturated carbocycles. The normalized spacial score (nSPS) is 17.5. The van der Waals surface area contributed by atoms with Crippen LogP contribution in [0.25, 0.3) is 0 Å². The van der Waals surface area contributed by atoms with E-state index in [1.807, 2.05) is 17.5 Å². The molecule has 1 amide bonds. The third-order valence-electron chi connectivity index (χ3n) is 3.12. The largest absolute Gasteiger partial charge is 0.392 e. The van der Waals surface area contributed by atoms with Crippen molar-refractivity contribution < 1.29 is 4.79 Å². The zero-order valence-electron chi connectivity index (χ0n) is 8.86. The maximum Gasteiger partial charge on any atom is 0.233 e. The molecule has 0 aliphatic heterocycles. The molecule has 0 saturated heterocycles. The molecule has 5 heteroatoms. The minimum atomic E-state index is -0.563. The molecule has 1 aliphatic carbocycles. The highest BCUT2D eigenvalue weighted by molar-refractivity contribution is 7.80. The van der Waals surface area contributed by atoms with Gasteiger partial charge in [-0.15, -0.1) is 11.3 Å². The Balaban J connectivity index is 1.95. The van der Waals surface area contributed by atoms with Gasteiger partial charge in [0.05, 0.1) is 16.9 Å². The topological polar surface area (TPSA) is 55.1 Å². The molecule has 1 aromatic heterocycles. The Morgan fingerprint density at radius 2 is 2.38 bits per heavy atom. The first kappa shape index (κ1) is 11.5. The highest BCUT2D eigenvalue weighted by atomic mass is 32.1. The van der Waals surface area contributed by atoms with E-state index in [0.29, 0.717) is 11.5 Å². The van der Waals surface area contributed by atoms with Crippen molar-refractivity contribution in [2.75, 3.05) is 0 Å². The first-order chi connectivity index (χ1) is 7.65. The van der Waals surface area contributed by atoms with Gasteiger partial charge in [0, 0.05) is 4.88 Å². The molecular formula is C11H14N2OS2. The van der Waals surface area contributed by atoms with Gasteiger partial charge < -0.3 is 11.1 Å². The van der Waals surface area contributed by atoms with Gasteiger partial charge in [-0.05, 0) is 24.3 Å². The van der Waals surface area contributed by atoms with E-state index in [1.54, 1.807) is 11.3 Å². The van der Waals surface area contributed by atoms with Gasteiger partial charge in [-0.1, -0.05) is 24.7 Å². The van der Waals surface area contributed by atoms with Gasteiger partial charge in [-0.25, -0.2) is 0 Å². The van der Waals surface area contributed by atoms with Crippen LogP contribution in [0.3, 0.4) is 0 Å². The second-order valence-electron chi connectivity index (χ2n) is 4.06. The summed E-state index contributed by atoms with van der Waals surface area (Å²) in [6.07, 6.45) is 2.61. The summed E-state index contributed by atoms with van der Waals surface area (Å²) in [5, 5.41) is 4.91. The first-order valence-corrected chi connectivity index (χ1v) is 6.54. The Morgan fingerprint density at radius 1 is 1.62 bits per heavy atom. The van der Waals surface area contributed by atoms with Crippen molar-refractivity contribution in [3.8, 4) is 0 Å². The van der Waals surface area contributed by atoms with Crippen molar-refractivity contribution in [1.82, 2.24) is 5.32 Å². The van der Waals surface area contributed by atoms with Crippen LogP contribution in [-0.2, 0) is 11.3 Å². The van der Waals surface area contributed by atoms with Gasteiger partial charge in [-0.2, -0.15) is 0 Å². The molecule has 16 heavy (non-hydrogen) atoms. The van der Waals surface area contributed by atoms with Crippen LogP contribution in [0.5, 0.6) is 0 Å². The molecule has 86 valence electrons. The molecule has 0 aromatic carbocycles. The van der Waals surface area contributed by atoms with E-state index in [0.717, 1.165) is 24.1 Å². The van der Waals surface area contributed by atoms with Crippen molar-refractivity contribution in [2.24, 2.45) is 11.1 Å². The molecule has 0 unspecified atom stereocenters. The van der Waals surface area contributed by atoms with E-state index in [4.69, 9.17) is 18.0 Å². The fraction of sp³-hybridized carbons (Fsp3) is 0.455. The minimum Gasteiger partial charge on any atom is -0.392 e. The number of rotatable bonds is 4.